The molecular weight excluding hydrogens is 360 g/mol. The lowest BCUT2D eigenvalue weighted by atomic mass is 10.1. The van der Waals surface area contributed by atoms with E-state index in [1.807, 2.05) is 0 Å². The third-order valence-corrected chi connectivity index (χ3v) is 4.17. The zero-order valence-corrected chi connectivity index (χ0v) is 18.3. The number of ether oxygens (including phenoxy) is 1. The Morgan fingerprint density at radius 3 is 1.83 bits per heavy atom. The average molecular weight is 403 g/mol. The summed E-state index contributed by atoms with van der Waals surface area (Å²) in [5.41, 5.74) is 11.0. The summed E-state index contributed by atoms with van der Waals surface area (Å²) in [5, 5.41) is 0. The van der Waals surface area contributed by atoms with Crippen molar-refractivity contribution in [2.24, 2.45) is 11.5 Å². The van der Waals surface area contributed by atoms with Gasteiger partial charge in [0.15, 0.2) is 0 Å². The molecule has 4 heteroatoms. The minimum atomic E-state index is -0.255. The molecule has 0 aliphatic heterocycles. The Hall–Kier alpha value is -1.91. The van der Waals surface area contributed by atoms with Gasteiger partial charge in [0.05, 0.1) is 6.04 Å². The van der Waals surface area contributed by atoms with Crippen molar-refractivity contribution in [2.75, 3.05) is 13.2 Å². The molecule has 0 aliphatic rings. The first kappa shape index (κ1) is 27.1. The number of unbranched alkanes of at least 4 members (excludes halogenated alkanes) is 3. The first-order valence-corrected chi connectivity index (χ1v) is 11.1. The van der Waals surface area contributed by atoms with Crippen molar-refractivity contribution in [1.29, 1.82) is 0 Å². The maximum absolute atomic E-state index is 11.5. The topological polar surface area (TPSA) is 78.3 Å². The largest absolute Gasteiger partial charge is 0.464 e. The van der Waals surface area contributed by atoms with Crippen LogP contribution in [0.5, 0.6) is 0 Å². The Kier molecular flexibility index (Phi) is 20.9. The van der Waals surface area contributed by atoms with Crippen LogP contribution in [0.1, 0.15) is 71.1 Å². The highest BCUT2D eigenvalue weighted by Crippen LogP contribution is 2.05. The van der Waals surface area contributed by atoms with Gasteiger partial charge in [0.2, 0.25) is 0 Å². The van der Waals surface area contributed by atoms with E-state index in [2.05, 4.69) is 67.7 Å². The number of esters is 1. The second-order valence-electron chi connectivity index (χ2n) is 6.99. The third-order valence-electron chi connectivity index (χ3n) is 4.17. The van der Waals surface area contributed by atoms with Crippen LogP contribution >= 0.6 is 0 Å². The molecule has 0 aromatic carbocycles. The normalized spacial score (nSPS) is 13.6. The van der Waals surface area contributed by atoms with Crippen molar-refractivity contribution < 1.29 is 9.53 Å². The smallest absolute Gasteiger partial charge is 0.305 e. The van der Waals surface area contributed by atoms with Crippen LogP contribution in [0.25, 0.3) is 0 Å². The molecule has 0 saturated heterocycles. The monoisotopic (exact) mass is 402 g/mol. The predicted octanol–water partition coefficient (Wildman–Crippen LogP) is 5.52. The summed E-state index contributed by atoms with van der Waals surface area (Å²) < 4.78 is 5.06. The van der Waals surface area contributed by atoms with Crippen LogP contribution in [0.15, 0.2) is 60.8 Å². The molecule has 1 atom stereocenters. The van der Waals surface area contributed by atoms with E-state index in [1.54, 1.807) is 0 Å². The molecule has 0 fully saturated rings. The van der Waals surface area contributed by atoms with Crippen molar-refractivity contribution in [3.05, 3.63) is 60.8 Å². The lowest BCUT2D eigenvalue weighted by Gasteiger charge is -2.09. The van der Waals surface area contributed by atoms with E-state index in [-0.39, 0.29) is 18.6 Å². The Morgan fingerprint density at radius 2 is 1.31 bits per heavy atom. The van der Waals surface area contributed by atoms with E-state index < -0.39 is 0 Å². The van der Waals surface area contributed by atoms with Gasteiger partial charge in [0.25, 0.3) is 0 Å². The van der Waals surface area contributed by atoms with Crippen molar-refractivity contribution in [2.45, 2.75) is 77.2 Å². The van der Waals surface area contributed by atoms with E-state index in [1.165, 1.54) is 0 Å². The van der Waals surface area contributed by atoms with Gasteiger partial charge in [0, 0.05) is 13.0 Å². The summed E-state index contributed by atoms with van der Waals surface area (Å²) in [7, 11) is 0. The first-order chi connectivity index (χ1) is 14.2. The van der Waals surface area contributed by atoms with Gasteiger partial charge in [-0.25, -0.2) is 0 Å². The molecule has 0 aromatic rings. The maximum Gasteiger partial charge on any atom is 0.305 e. The number of nitrogens with two attached hydrogens (primary N) is 2. The molecule has 4 nitrogen and oxygen atoms in total. The van der Waals surface area contributed by atoms with Crippen molar-refractivity contribution >= 4 is 5.97 Å². The van der Waals surface area contributed by atoms with Gasteiger partial charge >= 0.3 is 5.97 Å². The number of rotatable bonds is 18. The molecule has 0 aromatic heterocycles. The molecule has 0 aliphatic carbocycles. The summed E-state index contributed by atoms with van der Waals surface area (Å²) in [6.45, 7) is 2.70. The molecule has 0 heterocycles. The minimum Gasteiger partial charge on any atom is -0.464 e. The number of hydrogen-bond donors (Lipinski definition) is 2. The SMILES string of the molecule is CCC=CCC=CCC=CCC=CCC=CCCCCCC(=O)OCC(N)CN. The lowest BCUT2D eigenvalue weighted by molar-refractivity contribution is -0.144. The Morgan fingerprint density at radius 1 is 0.793 bits per heavy atom. The van der Waals surface area contributed by atoms with Gasteiger partial charge in [-0.3, -0.25) is 4.79 Å². The molecule has 0 spiro atoms. The van der Waals surface area contributed by atoms with Crippen LogP contribution in [0.3, 0.4) is 0 Å². The van der Waals surface area contributed by atoms with Crippen LogP contribution in [0, 0.1) is 0 Å². The van der Waals surface area contributed by atoms with Gasteiger partial charge < -0.3 is 16.2 Å². The summed E-state index contributed by atoms with van der Waals surface area (Å²) in [5.74, 6) is -0.177. The van der Waals surface area contributed by atoms with Gasteiger partial charge in [-0.1, -0.05) is 74.1 Å². The van der Waals surface area contributed by atoms with Crippen LogP contribution in [-0.2, 0) is 9.53 Å². The third kappa shape index (κ3) is 22.2. The minimum absolute atomic E-state index is 0.177. The number of hydrogen-bond acceptors (Lipinski definition) is 4. The molecule has 0 saturated carbocycles. The maximum atomic E-state index is 11.5. The highest BCUT2D eigenvalue weighted by atomic mass is 16.5. The molecule has 4 N–H and O–H groups in total. The fourth-order valence-corrected chi connectivity index (χ4v) is 2.42. The molecule has 164 valence electrons. The molecule has 0 radical (unpaired) electrons. The second kappa shape index (κ2) is 22.4. The molecule has 29 heavy (non-hydrogen) atoms. The summed E-state index contributed by atoms with van der Waals surface area (Å²) >= 11 is 0. The Balaban J connectivity index is 3.47. The Labute approximate surface area is 178 Å². The fraction of sp³-hybridized carbons (Fsp3) is 0.560. The summed E-state index contributed by atoms with van der Waals surface area (Å²) in [6.07, 6.45) is 31.7. The fourth-order valence-electron chi connectivity index (χ4n) is 2.42. The number of carbonyl (C=O) groups is 1. The Bertz CT molecular complexity index is 519. The van der Waals surface area contributed by atoms with E-state index in [0.717, 1.165) is 57.8 Å². The molecule has 1 unspecified atom stereocenters. The van der Waals surface area contributed by atoms with E-state index in [4.69, 9.17) is 16.2 Å². The summed E-state index contributed by atoms with van der Waals surface area (Å²) in [6, 6.07) is -0.255. The highest BCUT2D eigenvalue weighted by Gasteiger charge is 2.05. The van der Waals surface area contributed by atoms with Gasteiger partial charge in [0.1, 0.15) is 6.61 Å². The lowest BCUT2D eigenvalue weighted by Crippen LogP contribution is -2.35. The quantitative estimate of drug-likeness (QED) is 0.180. The standard InChI is InChI=1S/C25H42N2O2/c1-2-3-4-5-6-7-8-9-10-11-12-13-14-15-16-17-18-19-20-21-25(28)29-23-24(27)22-26/h3-4,6-7,9-10,12-13,15-16,24H,2,5,8,11,14,17-23,26-27H2,1H3. The predicted molar refractivity (Wildman–Crippen MR) is 126 cm³/mol. The zero-order chi connectivity index (χ0) is 21.4. The average Bonchev–Trinajstić information content (AvgIpc) is 2.73. The first-order valence-electron chi connectivity index (χ1n) is 11.1. The number of carbonyl (C=O) groups excluding carboxylic acids is 1. The van der Waals surface area contributed by atoms with Gasteiger partial charge in [-0.15, -0.1) is 0 Å². The van der Waals surface area contributed by atoms with Gasteiger partial charge in [-0.2, -0.15) is 0 Å². The molecule has 0 rings (SSSR count). The van der Waals surface area contributed by atoms with E-state index >= 15 is 0 Å². The summed E-state index contributed by atoms with van der Waals surface area (Å²) in [4.78, 5) is 11.5. The van der Waals surface area contributed by atoms with Crippen molar-refractivity contribution in [3.63, 3.8) is 0 Å². The highest BCUT2D eigenvalue weighted by molar-refractivity contribution is 5.69. The molecular formula is C25H42N2O2. The van der Waals surface area contributed by atoms with Crippen molar-refractivity contribution in [3.8, 4) is 0 Å². The van der Waals surface area contributed by atoms with Crippen LogP contribution in [0.2, 0.25) is 0 Å². The van der Waals surface area contributed by atoms with Crippen molar-refractivity contribution in [1.82, 2.24) is 0 Å². The second-order valence-corrected chi connectivity index (χ2v) is 6.99. The van der Waals surface area contributed by atoms with Gasteiger partial charge in [-0.05, 0) is 51.4 Å². The number of allylic oxidation sites excluding steroid dienone is 10. The molecule has 0 amide bonds. The molecule has 0 bridgehead atoms. The van der Waals surface area contributed by atoms with E-state index in [9.17, 15) is 4.79 Å². The zero-order valence-electron chi connectivity index (χ0n) is 18.3. The van der Waals surface area contributed by atoms with Crippen LogP contribution in [-0.4, -0.2) is 25.2 Å². The van der Waals surface area contributed by atoms with Crippen LogP contribution < -0.4 is 11.5 Å². The van der Waals surface area contributed by atoms with Crippen LogP contribution in [0.4, 0.5) is 0 Å². The van der Waals surface area contributed by atoms with E-state index in [0.29, 0.717) is 13.0 Å².